The van der Waals surface area contributed by atoms with Crippen LogP contribution in [-0.4, -0.2) is 75.4 Å². The summed E-state index contributed by atoms with van der Waals surface area (Å²) < 4.78 is 0. The number of aromatic amines is 1. The second kappa shape index (κ2) is 13.7. The Labute approximate surface area is 185 Å². The summed E-state index contributed by atoms with van der Waals surface area (Å²) >= 11 is 1.51. The van der Waals surface area contributed by atoms with Crippen LogP contribution >= 0.6 is 11.8 Å². The lowest BCUT2D eigenvalue weighted by Gasteiger charge is -2.21. The van der Waals surface area contributed by atoms with Gasteiger partial charge in [0.05, 0.1) is 18.9 Å². The molecule has 1 aromatic rings. The number of hydrogen-bond acceptors (Lipinski definition) is 7. The van der Waals surface area contributed by atoms with Crippen LogP contribution in [0.25, 0.3) is 0 Å². The molecule has 0 aromatic carbocycles. The fourth-order valence-electron chi connectivity index (χ4n) is 2.74. The van der Waals surface area contributed by atoms with Crippen molar-refractivity contribution in [1.29, 1.82) is 0 Å². The van der Waals surface area contributed by atoms with Gasteiger partial charge >= 0.3 is 5.97 Å². The number of rotatable bonds is 14. The summed E-state index contributed by atoms with van der Waals surface area (Å²) in [6.07, 6.45) is 5.77. The Morgan fingerprint density at radius 3 is 2.45 bits per heavy atom. The van der Waals surface area contributed by atoms with Gasteiger partial charge in [0, 0.05) is 18.3 Å². The number of H-pyrrole nitrogens is 1. The predicted molar refractivity (Wildman–Crippen MR) is 117 cm³/mol. The van der Waals surface area contributed by atoms with Crippen molar-refractivity contribution in [2.45, 2.75) is 51.2 Å². The third-order valence-corrected chi connectivity index (χ3v) is 4.98. The third-order valence-electron chi connectivity index (χ3n) is 4.34. The minimum Gasteiger partial charge on any atom is -0.480 e. The van der Waals surface area contributed by atoms with Gasteiger partial charge in [0.25, 0.3) is 0 Å². The molecule has 0 fully saturated rings. The minimum atomic E-state index is -1.13. The van der Waals surface area contributed by atoms with E-state index in [0.717, 1.165) is 0 Å². The number of imidazole rings is 1. The fourth-order valence-corrected chi connectivity index (χ4v) is 3.21. The molecule has 0 spiro atoms. The Balaban J connectivity index is 2.61. The van der Waals surface area contributed by atoms with E-state index in [2.05, 4.69) is 25.9 Å². The lowest BCUT2D eigenvalue weighted by molar-refractivity contribution is -0.142. The number of nitrogens with one attached hydrogen (secondary N) is 4. The summed E-state index contributed by atoms with van der Waals surface area (Å²) in [5.41, 5.74) is 6.61. The van der Waals surface area contributed by atoms with E-state index in [9.17, 15) is 24.3 Å². The second-order valence-electron chi connectivity index (χ2n) is 7.54. The molecule has 1 rings (SSSR count). The van der Waals surface area contributed by atoms with Gasteiger partial charge in [-0.3, -0.25) is 14.4 Å². The van der Waals surface area contributed by atoms with Crippen molar-refractivity contribution >= 4 is 35.5 Å². The van der Waals surface area contributed by atoms with Gasteiger partial charge < -0.3 is 31.8 Å². The van der Waals surface area contributed by atoms with Crippen LogP contribution in [0.4, 0.5) is 0 Å². The van der Waals surface area contributed by atoms with E-state index in [1.165, 1.54) is 18.1 Å². The molecule has 12 heteroatoms. The van der Waals surface area contributed by atoms with Gasteiger partial charge in [0.1, 0.15) is 12.1 Å². The minimum absolute atomic E-state index is 0.0769. The first kappa shape index (κ1) is 26.4. The maximum absolute atomic E-state index is 12.5. The maximum atomic E-state index is 12.5. The maximum Gasteiger partial charge on any atom is 0.326 e. The van der Waals surface area contributed by atoms with Crippen molar-refractivity contribution in [2.24, 2.45) is 11.7 Å². The number of thioether (sulfide) groups is 1. The van der Waals surface area contributed by atoms with Gasteiger partial charge in [0.2, 0.25) is 17.7 Å². The highest BCUT2D eigenvalue weighted by molar-refractivity contribution is 7.98. The largest absolute Gasteiger partial charge is 0.480 e. The summed E-state index contributed by atoms with van der Waals surface area (Å²) in [4.78, 5) is 55.0. The number of carboxylic acid groups (broad SMARTS) is 1. The summed E-state index contributed by atoms with van der Waals surface area (Å²) in [5, 5.41) is 16.7. The molecule has 0 aliphatic carbocycles. The van der Waals surface area contributed by atoms with Crippen LogP contribution in [0.15, 0.2) is 12.5 Å². The smallest absolute Gasteiger partial charge is 0.326 e. The Morgan fingerprint density at radius 1 is 1.19 bits per heavy atom. The van der Waals surface area contributed by atoms with Gasteiger partial charge in [-0.25, -0.2) is 9.78 Å². The molecule has 0 aliphatic rings. The van der Waals surface area contributed by atoms with Crippen LogP contribution in [0.1, 0.15) is 32.4 Å². The van der Waals surface area contributed by atoms with Gasteiger partial charge in [-0.05, 0) is 30.8 Å². The number of nitrogens with zero attached hydrogens (tertiary/aromatic N) is 1. The van der Waals surface area contributed by atoms with Crippen molar-refractivity contribution < 1.29 is 24.3 Å². The molecule has 3 atom stereocenters. The van der Waals surface area contributed by atoms with E-state index in [0.29, 0.717) is 17.9 Å². The monoisotopic (exact) mass is 456 g/mol. The van der Waals surface area contributed by atoms with Crippen LogP contribution in [0, 0.1) is 5.92 Å². The quantitative estimate of drug-likeness (QED) is 0.211. The van der Waals surface area contributed by atoms with Gasteiger partial charge in [-0.1, -0.05) is 13.8 Å². The second-order valence-corrected chi connectivity index (χ2v) is 8.52. The zero-order valence-electron chi connectivity index (χ0n) is 18.0. The standard InChI is InChI=1S/C19H32N6O5S/c1-11(2)6-15(19(29)30)24-16(26)9-22-18(28)14(4-5-31-3)25-17(27)13(20)7-12-8-21-10-23-12/h8,10-11,13-15H,4-7,9,20H2,1-3H3,(H,21,23)(H,22,28)(H,24,26)(H,25,27)(H,29,30). The molecular weight excluding hydrogens is 424 g/mol. The molecule has 174 valence electrons. The van der Waals surface area contributed by atoms with E-state index in [-0.39, 0.29) is 18.8 Å². The molecule has 3 unspecified atom stereocenters. The SMILES string of the molecule is CSCCC(NC(=O)C(N)Cc1cnc[nH]1)C(=O)NCC(=O)NC(CC(C)C)C(=O)O. The molecule has 7 N–H and O–H groups in total. The van der Waals surface area contributed by atoms with E-state index in [1.807, 2.05) is 20.1 Å². The first-order valence-corrected chi connectivity index (χ1v) is 11.3. The first-order chi connectivity index (χ1) is 14.6. The Morgan fingerprint density at radius 2 is 1.90 bits per heavy atom. The number of amides is 3. The summed E-state index contributed by atoms with van der Waals surface area (Å²) in [6.45, 7) is 3.30. The summed E-state index contributed by atoms with van der Waals surface area (Å²) in [6, 6.07) is -2.77. The molecule has 0 saturated heterocycles. The molecule has 0 bridgehead atoms. The molecule has 1 heterocycles. The number of carbonyl (C=O) groups excluding carboxylic acids is 3. The van der Waals surface area contributed by atoms with Crippen molar-refractivity contribution in [3.8, 4) is 0 Å². The van der Waals surface area contributed by atoms with Crippen molar-refractivity contribution in [3.05, 3.63) is 18.2 Å². The van der Waals surface area contributed by atoms with Crippen molar-refractivity contribution in [3.63, 3.8) is 0 Å². The van der Waals surface area contributed by atoms with Crippen molar-refractivity contribution in [1.82, 2.24) is 25.9 Å². The number of carboxylic acids is 1. The molecule has 0 saturated carbocycles. The van der Waals surface area contributed by atoms with Gasteiger partial charge in [-0.15, -0.1) is 0 Å². The lowest BCUT2D eigenvalue weighted by atomic mass is 10.0. The zero-order valence-corrected chi connectivity index (χ0v) is 18.8. The summed E-state index contributed by atoms with van der Waals surface area (Å²) in [5.74, 6) is -2.11. The van der Waals surface area contributed by atoms with E-state index in [4.69, 9.17) is 5.73 Å². The highest BCUT2D eigenvalue weighted by atomic mass is 32.2. The average Bonchev–Trinajstić information content (AvgIpc) is 3.21. The molecule has 0 aliphatic heterocycles. The third kappa shape index (κ3) is 10.3. The first-order valence-electron chi connectivity index (χ1n) is 9.96. The van der Waals surface area contributed by atoms with E-state index >= 15 is 0 Å². The molecule has 11 nitrogen and oxygen atoms in total. The van der Waals surface area contributed by atoms with Gasteiger partial charge in [0.15, 0.2) is 0 Å². The number of aromatic nitrogens is 2. The van der Waals surface area contributed by atoms with Crippen molar-refractivity contribution in [2.75, 3.05) is 18.6 Å². The molecule has 1 aromatic heterocycles. The normalized spacial score (nSPS) is 13.8. The topological polar surface area (TPSA) is 179 Å². The summed E-state index contributed by atoms with van der Waals surface area (Å²) in [7, 11) is 0. The van der Waals surface area contributed by atoms with Crippen LogP contribution < -0.4 is 21.7 Å². The number of nitrogens with two attached hydrogens (primary N) is 1. The van der Waals surface area contributed by atoms with Crippen LogP contribution in [0.5, 0.6) is 0 Å². The van der Waals surface area contributed by atoms with E-state index in [1.54, 1.807) is 6.20 Å². The van der Waals surface area contributed by atoms with Crippen LogP contribution in [0.2, 0.25) is 0 Å². The molecular formula is C19H32N6O5S. The lowest BCUT2D eigenvalue weighted by Crippen LogP contribution is -2.54. The van der Waals surface area contributed by atoms with Crippen LogP contribution in [0.3, 0.4) is 0 Å². The zero-order chi connectivity index (χ0) is 23.4. The molecule has 31 heavy (non-hydrogen) atoms. The molecule has 0 radical (unpaired) electrons. The number of hydrogen-bond donors (Lipinski definition) is 6. The Kier molecular flexibility index (Phi) is 11.6. The number of aliphatic carboxylic acids is 1. The molecule has 3 amide bonds. The highest BCUT2D eigenvalue weighted by Gasteiger charge is 2.25. The highest BCUT2D eigenvalue weighted by Crippen LogP contribution is 2.05. The fraction of sp³-hybridized carbons (Fsp3) is 0.632. The Hall–Kier alpha value is -2.60. The predicted octanol–water partition coefficient (Wildman–Crippen LogP) is -0.751. The van der Waals surface area contributed by atoms with Crippen LogP contribution in [-0.2, 0) is 25.6 Å². The number of carbonyl (C=O) groups is 4. The average molecular weight is 457 g/mol. The van der Waals surface area contributed by atoms with Gasteiger partial charge in [-0.2, -0.15) is 11.8 Å². The van der Waals surface area contributed by atoms with E-state index < -0.39 is 48.4 Å². The Bertz CT molecular complexity index is 727.